The fourth-order valence-electron chi connectivity index (χ4n) is 4.70. The highest BCUT2D eigenvalue weighted by atomic mass is 32.1. The van der Waals surface area contributed by atoms with Gasteiger partial charge in [-0.3, -0.25) is 9.48 Å². The molecule has 0 radical (unpaired) electrons. The molecule has 2 aromatic heterocycles. The average Bonchev–Trinajstić information content (AvgIpc) is 3.46. The first-order chi connectivity index (χ1) is 15.5. The standard InChI is InChI=1S/C24H29N7O.H2S/c1-16(2)19-8-5-4-7-18(19)15-30-14-17(12-27-30)11-25-24-26-13-21-22(28-24)31-10-6-9-20(31)23(32)29(21)3;/h4-5,7-8,12-14,16,20H,6,9-11,15H2,1-3H3,(H,25,26,28);1H2/t20-;/m0./s1. The Balaban J connectivity index is 0.00000259. The lowest BCUT2D eigenvalue weighted by Crippen LogP contribution is -2.49. The maximum Gasteiger partial charge on any atom is 0.249 e. The first-order valence-electron chi connectivity index (χ1n) is 11.3. The lowest BCUT2D eigenvalue weighted by Gasteiger charge is -2.36. The highest BCUT2D eigenvalue weighted by Gasteiger charge is 2.40. The van der Waals surface area contributed by atoms with Crippen molar-refractivity contribution in [3.8, 4) is 0 Å². The lowest BCUT2D eigenvalue weighted by atomic mass is 9.97. The van der Waals surface area contributed by atoms with Crippen LogP contribution in [0.5, 0.6) is 0 Å². The van der Waals surface area contributed by atoms with Crippen LogP contribution >= 0.6 is 13.5 Å². The molecular weight excluding hydrogens is 434 g/mol. The van der Waals surface area contributed by atoms with Crippen LogP contribution in [0.3, 0.4) is 0 Å². The number of anilines is 3. The maximum atomic E-state index is 12.6. The van der Waals surface area contributed by atoms with Crippen LogP contribution in [-0.2, 0) is 17.9 Å². The van der Waals surface area contributed by atoms with Crippen LogP contribution in [0.2, 0.25) is 0 Å². The summed E-state index contributed by atoms with van der Waals surface area (Å²) >= 11 is 0. The van der Waals surface area contributed by atoms with Crippen molar-refractivity contribution in [2.45, 2.75) is 51.7 Å². The van der Waals surface area contributed by atoms with Crippen molar-refractivity contribution in [1.82, 2.24) is 19.7 Å². The van der Waals surface area contributed by atoms with Gasteiger partial charge in [0.1, 0.15) is 11.7 Å². The number of hydrogen-bond donors (Lipinski definition) is 1. The van der Waals surface area contributed by atoms with Gasteiger partial charge in [0, 0.05) is 31.9 Å². The second-order valence-electron chi connectivity index (χ2n) is 8.90. The summed E-state index contributed by atoms with van der Waals surface area (Å²) in [6, 6.07) is 8.44. The molecule has 1 N–H and O–H groups in total. The van der Waals surface area contributed by atoms with E-state index in [2.05, 4.69) is 64.6 Å². The molecule has 0 bridgehead atoms. The van der Waals surface area contributed by atoms with Crippen molar-refractivity contribution in [3.05, 3.63) is 59.5 Å². The van der Waals surface area contributed by atoms with Crippen LogP contribution < -0.4 is 15.1 Å². The fourth-order valence-corrected chi connectivity index (χ4v) is 4.70. The number of carbonyl (C=O) groups excluding carboxylic acids is 1. The minimum atomic E-state index is -0.0952. The molecule has 2 aliphatic heterocycles. The van der Waals surface area contributed by atoms with E-state index in [1.165, 1.54) is 11.1 Å². The highest BCUT2D eigenvalue weighted by Crippen LogP contribution is 2.37. The van der Waals surface area contributed by atoms with E-state index in [0.29, 0.717) is 18.4 Å². The molecule has 0 spiro atoms. The highest BCUT2D eigenvalue weighted by molar-refractivity contribution is 7.59. The molecular formula is C24H31N7OS. The zero-order valence-electron chi connectivity index (χ0n) is 19.3. The lowest BCUT2D eigenvalue weighted by molar-refractivity contribution is -0.119. The van der Waals surface area contributed by atoms with Gasteiger partial charge in [-0.2, -0.15) is 23.6 Å². The van der Waals surface area contributed by atoms with Crippen LogP contribution in [-0.4, -0.2) is 45.3 Å². The second kappa shape index (κ2) is 9.43. The molecule has 0 saturated carbocycles. The van der Waals surface area contributed by atoms with E-state index in [-0.39, 0.29) is 25.4 Å². The first-order valence-corrected chi connectivity index (χ1v) is 11.3. The van der Waals surface area contributed by atoms with Crippen molar-refractivity contribution in [2.75, 3.05) is 28.7 Å². The molecule has 1 atom stereocenters. The summed E-state index contributed by atoms with van der Waals surface area (Å²) in [6.45, 7) is 6.63. The van der Waals surface area contributed by atoms with Gasteiger partial charge in [0.05, 0.1) is 18.9 Å². The number of benzene rings is 1. The molecule has 5 rings (SSSR count). The van der Waals surface area contributed by atoms with Crippen molar-refractivity contribution in [2.24, 2.45) is 0 Å². The molecule has 2 aliphatic rings. The van der Waals surface area contributed by atoms with Gasteiger partial charge < -0.3 is 15.1 Å². The maximum absolute atomic E-state index is 12.6. The number of rotatable bonds is 6. The normalized spacial score (nSPS) is 17.1. The third-order valence-electron chi connectivity index (χ3n) is 6.40. The predicted octanol–water partition coefficient (Wildman–Crippen LogP) is 3.51. The molecule has 1 aromatic carbocycles. The molecule has 1 fully saturated rings. The molecule has 4 heterocycles. The molecule has 1 amide bonds. The second-order valence-corrected chi connectivity index (χ2v) is 8.90. The van der Waals surface area contributed by atoms with E-state index in [9.17, 15) is 4.79 Å². The van der Waals surface area contributed by atoms with Crippen LogP contribution in [0.1, 0.15) is 49.3 Å². The molecule has 174 valence electrons. The molecule has 0 unspecified atom stereocenters. The van der Waals surface area contributed by atoms with Gasteiger partial charge in [0.25, 0.3) is 0 Å². The van der Waals surface area contributed by atoms with E-state index >= 15 is 0 Å². The molecule has 9 heteroatoms. The smallest absolute Gasteiger partial charge is 0.249 e. The van der Waals surface area contributed by atoms with Crippen molar-refractivity contribution in [1.29, 1.82) is 0 Å². The van der Waals surface area contributed by atoms with E-state index in [1.54, 1.807) is 18.1 Å². The number of likely N-dealkylation sites (N-methyl/N-ethyl adjacent to an activating group) is 1. The van der Waals surface area contributed by atoms with Crippen molar-refractivity contribution in [3.63, 3.8) is 0 Å². The van der Waals surface area contributed by atoms with Crippen LogP contribution in [0.15, 0.2) is 42.9 Å². The number of fused-ring (bicyclic) bond motifs is 3. The summed E-state index contributed by atoms with van der Waals surface area (Å²) in [5, 5.41) is 7.86. The van der Waals surface area contributed by atoms with Crippen LogP contribution in [0.4, 0.5) is 17.5 Å². The Morgan fingerprint density at radius 2 is 2.03 bits per heavy atom. The van der Waals surface area contributed by atoms with Crippen LogP contribution in [0, 0.1) is 0 Å². The summed E-state index contributed by atoms with van der Waals surface area (Å²) in [4.78, 5) is 25.6. The zero-order valence-corrected chi connectivity index (χ0v) is 20.3. The van der Waals surface area contributed by atoms with Crippen molar-refractivity contribution >= 4 is 36.9 Å². The van der Waals surface area contributed by atoms with Crippen LogP contribution in [0.25, 0.3) is 0 Å². The van der Waals surface area contributed by atoms with Gasteiger partial charge in [-0.15, -0.1) is 0 Å². The number of nitrogens with zero attached hydrogens (tertiary/aromatic N) is 6. The van der Waals surface area contributed by atoms with E-state index in [1.807, 2.05) is 10.9 Å². The molecule has 0 aliphatic carbocycles. The third kappa shape index (κ3) is 4.42. The van der Waals surface area contributed by atoms with E-state index in [4.69, 9.17) is 4.98 Å². The number of carbonyl (C=O) groups is 1. The molecule has 3 aromatic rings. The zero-order chi connectivity index (χ0) is 22.2. The largest absolute Gasteiger partial charge is 0.350 e. The summed E-state index contributed by atoms with van der Waals surface area (Å²) in [6.07, 6.45) is 7.57. The minimum absolute atomic E-state index is 0. The first kappa shape index (κ1) is 23.1. The van der Waals surface area contributed by atoms with E-state index < -0.39 is 0 Å². The fraction of sp³-hybridized carbons (Fsp3) is 0.417. The number of nitrogens with one attached hydrogen (secondary N) is 1. The van der Waals surface area contributed by atoms with Gasteiger partial charge in [-0.25, -0.2) is 4.98 Å². The summed E-state index contributed by atoms with van der Waals surface area (Å²) in [5.74, 6) is 2.02. The summed E-state index contributed by atoms with van der Waals surface area (Å²) in [5.41, 5.74) is 4.49. The Hall–Kier alpha value is -3.07. The summed E-state index contributed by atoms with van der Waals surface area (Å²) in [7, 11) is 1.80. The average molecular weight is 466 g/mol. The predicted molar refractivity (Wildman–Crippen MR) is 135 cm³/mol. The van der Waals surface area contributed by atoms with Gasteiger partial charge in [0.2, 0.25) is 11.9 Å². The summed E-state index contributed by atoms with van der Waals surface area (Å²) < 4.78 is 1.97. The quantitative estimate of drug-likeness (QED) is 0.600. The van der Waals surface area contributed by atoms with E-state index in [0.717, 1.165) is 43.0 Å². The molecule has 8 nitrogen and oxygen atoms in total. The third-order valence-corrected chi connectivity index (χ3v) is 6.40. The number of hydrogen-bond acceptors (Lipinski definition) is 6. The van der Waals surface area contributed by atoms with Crippen molar-refractivity contribution < 1.29 is 4.79 Å². The minimum Gasteiger partial charge on any atom is -0.350 e. The SMILES string of the molecule is CC(C)c1ccccc1Cn1cc(CNc2ncc3c(n2)N2CCC[C@H]2C(=O)N3C)cn1.S. The Labute approximate surface area is 201 Å². The Bertz CT molecular complexity index is 1150. The Morgan fingerprint density at radius 3 is 2.85 bits per heavy atom. The molecule has 1 saturated heterocycles. The monoisotopic (exact) mass is 465 g/mol. The molecule has 33 heavy (non-hydrogen) atoms. The number of amides is 1. The van der Waals surface area contributed by atoms with Gasteiger partial charge in [-0.05, 0) is 29.9 Å². The Morgan fingerprint density at radius 1 is 1.21 bits per heavy atom. The van der Waals surface area contributed by atoms with Gasteiger partial charge in [0.15, 0.2) is 5.82 Å². The Kier molecular flexibility index (Phi) is 6.60. The number of aromatic nitrogens is 4. The van der Waals surface area contributed by atoms with Gasteiger partial charge in [-0.1, -0.05) is 38.1 Å². The van der Waals surface area contributed by atoms with Gasteiger partial charge >= 0.3 is 0 Å². The topological polar surface area (TPSA) is 79.2 Å².